The first-order valence-electron chi connectivity index (χ1n) is 7.06. The van der Waals surface area contributed by atoms with Gasteiger partial charge in [-0.1, -0.05) is 18.2 Å². The van der Waals surface area contributed by atoms with Crippen LogP contribution in [-0.4, -0.2) is 10.9 Å². The average molecular weight is 292 g/mol. The standard InChI is InChI=1S/C18H16N2O2/c1-14-9-10-15(12-19-14)18(21)20(13-17-8-5-11-22-17)16-6-3-2-4-7-16/h2-12H,13H2,1H3. The zero-order chi connectivity index (χ0) is 15.4. The zero-order valence-electron chi connectivity index (χ0n) is 12.3. The first-order chi connectivity index (χ1) is 10.7. The molecule has 0 aliphatic rings. The third kappa shape index (κ3) is 3.06. The van der Waals surface area contributed by atoms with Gasteiger partial charge < -0.3 is 9.32 Å². The van der Waals surface area contributed by atoms with E-state index in [0.29, 0.717) is 12.1 Å². The number of carbonyl (C=O) groups is 1. The third-order valence-corrected chi connectivity index (χ3v) is 3.37. The van der Waals surface area contributed by atoms with Crippen LogP contribution in [0.3, 0.4) is 0 Å². The maximum Gasteiger partial charge on any atom is 0.260 e. The van der Waals surface area contributed by atoms with E-state index < -0.39 is 0 Å². The van der Waals surface area contributed by atoms with Crippen molar-refractivity contribution in [1.29, 1.82) is 0 Å². The van der Waals surface area contributed by atoms with Gasteiger partial charge in [-0.2, -0.15) is 0 Å². The van der Waals surface area contributed by atoms with Gasteiger partial charge in [-0.15, -0.1) is 0 Å². The summed E-state index contributed by atoms with van der Waals surface area (Å²) in [4.78, 5) is 18.7. The summed E-state index contributed by atoms with van der Waals surface area (Å²) in [5.74, 6) is 0.632. The van der Waals surface area contributed by atoms with Gasteiger partial charge in [-0.25, -0.2) is 0 Å². The second kappa shape index (κ2) is 6.26. The van der Waals surface area contributed by atoms with Crippen LogP contribution in [0, 0.1) is 6.92 Å². The van der Waals surface area contributed by atoms with Crippen molar-refractivity contribution in [3.8, 4) is 0 Å². The Balaban J connectivity index is 1.94. The number of carbonyl (C=O) groups excluding carboxylic acids is 1. The highest BCUT2D eigenvalue weighted by molar-refractivity contribution is 6.05. The van der Waals surface area contributed by atoms with Crippen molar-refractivity contribution in [3.05, 3.63) is 84.1 Å². The summed E-state index contributed by atoms with van der Waals surface area (Å²) in [6.45, 7) is 2.27. The predicted molar refractivity (Wildman–Crippen MR) is 84.6 cm³/mol. The molecular weight excluding hydrogens is 276 g/mol. The van der Waals surface area contributed by atoms with Gasteiger partial charge in [0.05, 0.1) is 18.4 Å². The molecule has 0 fully saturated rings. The number of aryl methyl sites for hydroxylation is 1. The Labute approximate surface area is 129 Å². The van der Waals surface area contributed by atoms with Crippen molar-refractivity contribution in [2.45, 2.75) is 13.5 Å². The van der Waals surface area contributed by atoms with Crippen LogP contribution in [0.15, 0.2) is 71.5 Å². The second-order valence-electron chi connectivity index (χ2n) is 4.99. The average Bonchev–Trinajstić information content (AvgIpc) is 3.07. The summed E-state index contributed by atoms with van der Waals surface area (Å²) in [5.41, 5.74) is 2.26. The van der Waals surface area contributed by atoms with Gasteiger partial charge in [0.15, 0.2) is 0 Å². The Hall–Kier alpha value is -2.88. The minimum Gasteiger partial charge on any atom is -0.467 e. The topological polar surface area (TPSA) is 46.3 Å². The lowest BCUT2D eigenvalue weighted by molar-refractivity contribution is 0.0983. The molecule has 0 saturated carbocycles. The van der Waals surface area contributed by atoms with Crippen LogP contribution in [0.25, 0.3) is 0 Å². The Morgan fingerprint density at radius 1 is 1.09 bits per heavy atom. The minimum atomic E-state index is -0.102. The summed E-state index contributed by atoms with van der Waals surface area (Å²) >= 11 is 0. The molecule has 0 aliphatic carbocycles. The molecule has 3 aromatic rings. The first kappa shape index (κ1) is 14.1. The molecule has 0 saturated heterocycles. The van der Waals surface area contributed by atoms with Gasteiger partial charge in [0.25, 0.3) is 5.91 Å². The monoisotopic (exact) mass is 292 g/mol. The van der Waals surface area contributed by atoms with E-state index >= 15 is 0 Å². The van der Waals surface area contributed by atoms with Crippen LogP contribution in [-0.2, 0) is 6.54 Å². The van der Waals surface area contributed by atoms with Gasteiger partial charge in [-0.05, 0) is 43.3 Å². The largest absolute Gasteiger partial charge is 0.467 e. The van der Waals surface area contributed by atoms with E-state index in [9.17, 15) is 4.79 Å². The molecule has 1 aromatic carbocycles. The molecule has 0 spiro atoms. The second-order valence-corrected chi connectivity index (χ2v) is 4.99. The highest BCUT2D eigenvalue weighted by atomic mass is 16.3. The molecule has 0 atom stereocenters. The quantitative estimate of drug-likeness (QED) is 0.734. The molecule has 110 valence electrons. The molecule has 0 radical (unpaired) electrons. The van der Waals surface area contributed by atoms with E-state index in [0.717, 1.165) is 17.1 Å². The summed E-state index contributed by atoms with van der Waals surface area (Å²) in [7, 11) is 0. The van der Waals surface area contributed by atoms with E-state index in [4.69, 9.17) is 4.42 Å². The number of hydrogen-bond donors (Lipinski definition) is 0. The van der Waals surface area contributed by atoms with Crippen LogP contribution in [0.5, 0.6) is 0 Å². The molecule has 1 amide bonds. The zero-order valence-corrected chi connectivity index (χ0v) is 12.3. The van der Waals surface area contributed by atoms with Crippen molar-refractivity contribution in [1.82, 2.24) is 4.98 Å². The Kier molecular flexibility index (Phi) is 4.01. The fourth-order valence-electron chi connectivity index (χ4n) is 2.20. The number of aromatic nitrogens is 1. The number of furan rings is 1. The van der Waals surface area contributed by atoms with Crippen LogP contribution < -0.4 is 4.90 Å². The smallest absolute Gasteiger partial charge is 0.260 e. The molecule has 22 heavy (non-hydrogen) atoms. The normalized spacial score (nSPS) is 10.4. The highest BCUT2D eigenvalue weighted by Gasteiger charge is 2.19. The van der Waals surface area contributed by atoms with E-state index in [1.54, 1.807) is 23.4 Å². The molecule has 0 unspecified atom stereocenters. The number of anilines is 1. The summed E-state index contributed by atoms with van der Waals surface area (Å²) in [6, 6.07) is 16.9. The van der Waals surface area contributed by atoms with E-state index in [1.807, 2.05) is 55.5 Å². The van der Waals surface area contributed by atoms with Crippen LogP contribution in [0.2, 0.25) is 0 Å². The third-order valence-electron chi connectivity index (χ3n) is 3.37. The molecule has 2 aromatic heterocycles. The van der Waals surface area contributed by atoms with E-state index in [-0.39, 0.29) is 5.91 Å². The maximum atomic E-state index is 12.8. The van der Waals surface area contributed by atoms with Gasteiger partial charge in [0.1, 0.15) is 5.76 Å². The Bertz CT molecular complexity index is 735. The van der Waals surface area contributed by atoms with Gasteiger partial charge in [0, 0.05) is 17.6 Å². The maximum absolute atomic E-state index is 12.8. The lowest BCUT2D eigenvalue weighted by Gasteiger charge is -2.21. The van der Waals surface area contributed by atoms with Gasteiger partial charge in [0.2, 0.25) is 0 Å². The Morgan fingerprint density at radius 3 is 2.55 bits per heavy atom. The summed E-state index contributed by atoms with van der Waals surface area (Å²) < 4.78 is 5.38. The molecule has 4 heteroatoms. The van der Waals surface area contributed by atoms with Crippen LogP contribution >= 0.6 is 0 Å². The fourth-order valence-corrected chi connectivity index (χ4v) is 2.20. The molecule has 0 bridgehead atoms. The lowest BCUT2D eigenvalue weighted by Crippen LogP contribution is -2.30. The molecule has 0 N–H and O–H groups in total. The summed E-state index contributed by atoms with van der Waals surface area (Å²) in [6.07, 6.45) is 3.21. The SMILES string of the molecule is Cc1ccc(C(=O)N(Cc2ccco2)c2ccccc2)cn1. The van der Waals surface area contributed by atoms with Crippen molar-refractivity contribution < 1.29 is 9.21 Å². The molecule has 0 aliphatic heterocycles. The van der Waals surface area contributed by atoms with E-state index in [2.05, 4.69) is 4.98 Å². The van der Waals surface area contributed by atoms with Crippen molar-refractivity contribution in [3.63, 3.8) is 0 Å². The first-order valence-corrected chi connectivity index (χ1v) is 7.06. The molecular formula is C18H16N2O2. The van der Waals surface area contributed by atoms with Crippen LogP contribution in [0.1, 0.15) is 21.8 Å². The molecule has 2 heterocycles. The fraction of sp³-hybridized carbons (Fsp3) is 0.111. The van der Waals surface area contributed by atoms with Crippen molar-refractivity contribution >= 4 is 11.6 Å². The predicted octanol–water partition coefficient (Wildman–Crippen LogP) is 3.83. The van der Waals surface area contributed by atoms with Gasteiger partial charge in [-0.3, -0.25) is 9.78 Å². The number of hydrogen-bond acceptors (Lipinski definition) is 3. The number of nitrogens with zero attached hydrogens (tertiary/aromatic N) is 2. The number of para-hydroxylation sites is 1. The molecule has 4 nitrogen and oxygen atoms in total. The van der Waals surface area contributed by atoms with Gasteiger partial charge >= 0.3 is 0 Å². The van der Waals surface area contributed by atoms with Crippen LogP contribution in [0.4, 0.5) is 5.69 Å². The van der Waals surface area contributed by atoms with E-state index in [1.165, 1.54) is 0 Å². The van der Waals surface area contributed by atoms with Crippen molar-refractivity contribution in [2.75, 3.05) is 4.90 Å². The molecule has 3 rings (SSSR count). The summed E-state index contributed by atoms with van der Waals surface area (Å²) in [5, 5.41) is 0. The number of amides is 1. The number of pyridine rings is 1. The number of rotatable bonds is 4. The lowest BCUT2D eigenvalue weighted by atomic mass is 10.2. The Morgan fingerprint density at radius 2 is 1.91 bits per heavy atom. The van der Waals surface area contributed by atoms with Crippen molar-refractivity contribution in [2.24, 2.45) is 0 Å². The minimum absolute atomic E-state index is 0.102. The number of benzene rings is 1. The highest BCUT2D eigenvalue weighted by Crippen LogP contribution is 2.20.